The van der Waals surface area contributed by atoms with Crippen LogP contribution in [0.2, 0.25) is 0 Å². The lowest BCUT2D eigenvalue weighted by Gasteiger charge is -2.17. The molecule has 0 radical (unpaired) electrons. The minimum Gasteiger partial charge on any atom is -0.490 e. The quantitative estimate of drug-likeness (QED) is 0.645. The molecule has 3 rings (SSSR count). The van der Waals surface area contributed by atoms with Crippen molar-refractivity contribution in [2.75, 3.05) is 6.61 Å². The maximum Gasteiger partial charge on any atom is 0.263 e. The molecule has 0 unspecified atom stereocenters. The van der Waals surface area contributed by atoms with Crippen LogP contribution in [0.25, 0.3) is 6.08 Å². The molecule has 0 bridgehead atoms. The second-order valence-corrected chi connectivity index (χ2v) is 7.23. The number of ether oxygens (including phenoxy) is 2. The molecule has 1 aliphatic heterocycles. The van der Waals surface area contributed by atoms with Crippen LogP contribution in [-0.4, -0.2) is 22.9 Å². The van der Waals surface area contributed by atoms with Crippen LogP contribution in [0, 0.1) is 0 Å². The van der Waals surface area contributed by atoms with E-state index >= 15 is 0 Å². The summed E-state index contributed by atoms with van der Waals surface area (Å²) >= 11 is 6.29. The summed E-state index contributed by atoms with van der Waals surface area (Å²) in [4.78, 5) is 12.4. The molecule has 0 spiro atoms. The zero-order valence-corrected chi connectivity index (χ0v) is 14.6. The van der Waals surface area contributed by atoms with Gasteiger partial charge in [0.05, 0.1) is 17.6 Å². The van der Waals surface area contributed by atoms with Gasteiger partial charge in [-0.15, -0.1) is 0 Å². The summed E-state index contributed by atoms with van der Waals surface area (Å²) in [5.41, 5.74) is 0.906. The smallest absolute Gasteiger partial charge is 0.263 e. The molecule has 1 N–H and O–H groups in total. The van der Waals surface area contributed by atoms with Gasteiger partial charge >= 0.3 is 0 Å². The highest BCUT2D eigenvalue weighted by atomic mass is 32.2. The van der Waals surface area contributed by atoms with Gasteiger partial charge in [-0.2, -0.15) is 0 Å². The summed E-state index contributed by atoms with van der Waals surface area (Å²) in [6.07, 6.45) is 6.69. The molecule has 0 aromatic heterocycles. The van der Waals surface area contributed by atoms with Crippen molar-refractivity contribution in [1.29, 1.82) is 0 Å². The lowest BCUT2D eigenvalue weighted by molar-refractivity contribution is -0.115. The molecule has 1 amide bonds. The lowest BCUT2D eigenvalue weighted by atomic mass is 10.1. The molecule has 23 heavy (non-hydrogen) atoms. The average molecular weight is 349 g/mol. The number of thioether (sulfide) groups is 1. The first-order valence-electron chi connectivity index (χ1n) is 7.84. The van der Waals surface area contributed by atoms with E-state index in [4.69, 9.17) is 21.7 Å². The first-order valence-corrected chi connectivity index (χ1v) is 9.06. The monoisotopic (exact) mass is 349 g/mol. The van der Waals surface area contributed by atoms with E-state index in [9.17, 15) is 4.79 Å². The highest BCUT2D eigenvalue weighted by Crippen LogP contribution is 2.34. The van der Waals surface area contributed by atoms with Crippen LogP contribution in [0.3, 0.4) is 0 Å². The number of nitrogens with one attached hydrogen (secondary N) is 1. The van der Waals surface area contributed by atoms with Gasteiger partial charge in [-0.1, -0.05) is 30.0 Å². The SMILES string of the molecule is CCOc1ccc(/C=C2\SC(=S)NC2=O)cc1OC1CCCC1. The molecule has 1 saturated carbocycles. The van der Waals surface area contributed by atoms with Crippen LogP contribution in [0.5, 0.6) is 11.5 Å². The third-order valence-corrected chi connectivity index (χ3v) is 4.97. The van der Waals surface area contributed by atoms with E-state index in [1.54, 1.807) is 0 Å². The van der Waals surface area contributed by atoms with Gasteiger partial charge in [-0.05, 0) is 56.4 Å². The first kappa shape index (κ1) is 16.3. The zero-order chi connectivity index (χ0) is 16.2. The first-order chi connectivity index (χ1) is 11.2. The summed E-state index contributed by atoms with van der Waals surface area (Å²) in [5.74, 6) is 1.35. The highest BCUT2D eigenvalue weighted by Gasteiger charge is 2.23. The van der Waals surface area contributed by atoms with Crippen LogP contribution in [-0.2, 0) is 4.79 Å². The third-order valence-electron chi connectivity index (χ3n) is 3.80. The van der Waals surface area contributed by atoms with Crippen molar-refractivity contribution in [1.82, 2.24) is 5.32 Å². The number of carbonyl (C=O) groups excluding carboxylic acids is 1. The Balaban J connectivity index is 1.85. The molecule has 2 aliphatic rings. The third kappa shape index (κ3) is 4.06. The Labute approximate surface area is 145 Å². The Hall–Kier alpha value is -1.53. The summed E-state index contributed by atoms with van der Waals surface area (Å²) in [6, 6.07) is 5.76. The van der Waals surface area contributed by atoms with E-state index in [-0.39, 0.29) is 12.0 Å². The van der Waals surface area contributed by atoms with Gasteiger partial charge in [0.2, 0.25) is 0 Å². The number of benzene rings is 1. The van der Waals surface area contributed by atoms with Gasteiger partial charge in [-0.25, -0.2) is 0 Å². The van der Waals surface area contributed by atoms with E-state index in [1.165, 1.54) is 24.6 Å². The number of thiocarbonyl (C=S) groups is 1. The van der Waals surface area contributed by atoms with Crippen molar-refractivity contribution in [3.05, 3.63) is 28.7 Å². The van der Waals surface area contributed by atoms with Gasteiger partial charge in [-0.3, -0.25) is 4.79 Å². The fourth-order valence-electron chi connectivity index (χ4n) is 2.74. The van der Waals surface area contributed by atoms with Crippen molar-refractivity contribution in [2.45, 2.75) is 38.7 Å². The van der Waals surface area contributed by atoms with Crippen molar-refractivity contribution in [2.24, 2.45) is 0 Å². The van der Waals surface area contributed by atoms with Gasteiger partial charge in [0, 0.05) is 0 Å². The van der Waals surface area contributed by atoms with Gasteiger partial charge in [0.1, 0.15) is 4.32 Å². The predicted molar refractivity (Wildman–Crippen MR) is 96.8 cm³/mol. The fourth-order valence-corrected chi connectivity index (χ4v) is 3.78. The molecule has 1 aromatic carbocycles. The van der Waals surface area contributed by atoms with Gasteiger partial charge in [0.25, 0.3) is 5.91 Å². The Bertz CT molecular complexity index is 651. The van der Waals surface area contributed by atoms with E-state index in [2.05, 4.69) is 5.32 Å². The van der Waals surface area contributed by atoms with Crippen LogP contribution in [0.4, 0.5) is 0 Å². The minimum absolute atomic E-state index is 0.146. The van der Waals surface area contributed by atoms with Crippen LogP contribution >= 0.6 is 24.0 Å². The van der Waals surface area contributed by atoms with Crippen molar-refractivity contribution < 1.29 is 14.3 Å². The maximum atomic E-state index is 11.8. The Morgan fingerprint density at radius 2 is 2.13 bits per heavy atom. The van der Waals surface area contributed by atoms with Gasteiger partial charge in [0.15, 0.2) is 11.5 Å². The second kappa shape index (κ2) is 7.36. The second-order valence-electron chi connectivity index (χ2n) is 5.52. The molecular weight excluding hydrogens is 330 g/mol. The fraction of sp³-hybridized carbons (Fsp3) is 0.412. The molecule has 6 heteroatoms. The summed E-state index contributed by atoms with van der Waals surface area (Å²) in [6.45, 7) is 2.55. The van der Waals surface area contributed by atoms with Crippen LogP contribution < -0.4 is 14.8 Å². The molecule has 1 aliphatic carbocycles. The molecule has 122 valence electrons. The highest BCUT2D eigenvalue weighted by molar-refractivity contribution is 8.26. The summed E-state index contributed by atoms with van der Waals surface area (Å²) in [5, 5.41) is 2.62. The molecule has 1 aromatic rings. The molecule has 2 fully saturated rings. The number of rotatable bonds is 5. The number of amides is 1. The number of carbonyl (C=O) groups is 1. The molecule has 4 nitrogen and oxygen atoms in total. The van der Waals surface area contributed by atoms with Crippen molar-refractivity contribution in [3.63, 3.8) is 0 Å². The minimum atomic E-state index is -0.146. The van der Waals surface area contributed by atoms with Crippen molar-refractivity contribution in [3.8, 4) is 11.5 Å². The topological polar surface area (TPSA) is 47.6 Å². The lowest BCUT2D eigenvalue weighted by Crippen LogP contribution is -2.17. The Kier molecular flexibility index (Phi) is 5.23. The Morgan fingerprint density at radius 1 is 1.35 bits per heavy atom. The van der Waals surface area contributed by atoms with Crippen molar-refractivity contribution >= 4 is 40.3 Å². The van der Waals surface area contributed by atoms with E-state index in [0.717, 1.165) is 29.9 Å². The largest absolute Gasteiger partial charge is 0.490 e. The maximum absolute atomic E-state index is 11.8. The molecule has 1 saturated heterocycles. The Morgan fingerprint density at radius 3 is 2.78 bits per heavy atom. The zero-order valence-electron chi connectivity index (χ0n) is 13.0. The van der Waals surface area contributed by atoms with Gasteiger partial charge < -0.3 is 14.8 Å². The average Bonchev–Trinajstić information content (AvgIpc) is 3.12. The van der Waals surface area contributed by atoms with Crippen LogP contribution in [0.1, 0.15) is 38.2 Å². The van der Waals surface area contributed by atoms with E-state index in [0.29, 0.717) is 15.8 Å². The predicted octanol–water partition coefficient (Wildman–Crippen LogP) is 3.90. The standard InChI is InChI=1S/C17H19NO3S2/c1-2-20-13-8-7-11(10-15-16(19)18-17(22)23-15)9-14(13)21-12-5-3-4-6-12/h7-10,12H,2-6H2,1H3,(H,18,19,22)/b15-10-. The van der Waals surface area contributed by atoms with E-state index < -0.39 is 0 Å². The van der Waals surface area contributed by atoms with E-state index in [1.807, 2.05) is 31.2 Å². The molecule has 0 atom stereocenters. The normalized spacial score (nSPS) is 20.1. The molecule has 1 heterocycles. The summed E-state index contributed by atoms with van der Waals surface area (Å²) in [7, 11) is 0. The number of hydrogen-bond donors (Lipinski definition) is 1. The summed E-state index contributed by atoms with van der Waals surface area (Å²) < 4.78 is 12.3. The number of hydrogen-bond acceptors (Lipinski definition) is 5. The molecular formula is C17H19NO3S2. The van der Waals surface area contributed by atoms with Crippen LogP contribution in [0.15, 0.2) is 23.1 Å².